The van der Waals surface area contributed by atoms with E-state index in [-0.39, 0.29) is 11.5 Å². The molecule has 0 fully saturated rings. The second kappa shape index (κ2) is 5.63. The van der Waals surface area contributed by atoms with Gasteiger partial charge in [-0.15, -0.1) is 11.3 Å². The van der Waals surface area contributed by atoms with Crippen LogP contribution in [0.5, 0.6) is 0 Å². The highest BCUT2D eigenvalue weighted by molar-refractivity contribution is 9.10. The maximum absolute atomic E-state index is 11.6. The van der Waals surface area contributed by atoms with E-state index in [0.29, 0.717) is 9.88 Å². The normalized spacial score (nSPS) is 10.3. The number of thiazole rings is 1. The van der Waals surface area contributed by atoms with Gasteiger partial charge < -0.3 is 4.74 Å². The number of benzene rings is 1. The predicted octanol–water partition coefficient (Wildman–Crippen LogP) is 3.56. The van der Waals surface area contributed by atoms with Gasteiger partial charge in [-0.1, -0.05) is 34.1 Å². The SMILES string of the molecule is COC(=O)c1nc(-c2ccccc2Br)sc1C(C)=O. The summed E-state index contributed by atoms with van der Waals surface area (Å²) >= 11 is 4.61. The van der Waals surface area contributed by atoms with Gasteiger partial charge in [0.2, 0.25) is 0 Å². The van der Waals surface area contributed by atoms with Crippen LogP contribution >= 0.6 is 27.3 Å². The summed E-state index contributed by atoms with van der Waals surface area (Å²) in [4.78, 5) is 27.7. The van der Waals surface area contributed by atoms with Crippen molar-refractivity contribution in [2.75, 3.05) is 7.11 Å². The van der Waals surface area contributed by atoms with Crippen molar-refractivity contribution in [2.24, 2.45) is 0 Å². The third kappa shape index (κ3) is 2.74. The van der Waals surface area contributed by atoms with Gasteiger partial charge in [-0.25, -0.2) is 9.78 Å². The molecular formula is C13H10BrNO3S. The summed E-state index contributed by atoms with van der Waals surface area (Å²) < 4.78 is 5.50. The molecule has 0 unspecified atom stereocenters. The number of ketones is 1. The first-order valence-electron chi connectivity index (χ1n) is 5.39. The quantitative estimate of drug-likeness (QED) is 0.633. The van der Waals surface area contributed by atoms with Crippen LogP contribution in [-0.4, -0.2) is 23.8 Å². The van der Waals surface area contributed by atoms with E-state index in [4.69, 9.17) is 0 Å². The number of carbonyl (C=O) groups is 2. The molecule has 4 nitrogen and oxygen atoms in total. The molecule has 0 aliphatic carbocycles. The molecule has 6 heteroatoms. The topological polar surface area (TPSA) is 56.3 Å². The molecule has 2 aromatic rings. The Kier molecular flexibility index (Phi) is 4.11. The van der Waals surface area contributed by atoms with Crippen LogP contribution in [0.25, 0.3) is 10.6 Å². The molecule has 19 heavy (non-hydrogen) atoms. The molecule has 0 N–H and O–H groups in total. The summed E-state index contributed by atoms with van der Waals surface area (Å²) in [5.74, 6) is -0.795. The Hall–Kier alpha value is -1.53. The largest absolute Gasteiger partial charge is 0.464 e. The minimum absolute atomic E-state index is 0.0748. The zero-order valence-electron chi connectivity index (χ0n) is 10.3. The maximum atomic E-state index is 11.6. The summed E-state index contributed by atoms with van der Waals surface area (Å²) in [6, 6.07) is 7.50. The molecule has 0 saturated heterocycles. The van der Waals surface area contributed by atoms with Crippen LogP contribution in [0.1, 0.15) is 27.1 Å². The summed E-state index contributed by atoms with van der Waals surface area (Å²) in [5, 5.41) is 0.609. The molecule has 1 heterocycles. The Morgan fingerprint density at radius 3 is 2.58 bits per heavy atom. The predicted molar refractivity (Wildman–Crippen MR) is 76.6 cm³/mol. The minimum atomic E-state index is -0.597. The average Bonchev–Trinajstić information content (AvgIpc) is 2.83. The lowest BCUT2D eigenvalue weighted by Crippen LogP contribution is -2.06. The van der Waals surface area contributed by atoms with E-state index in [1.807, 2.05) is 24.3 Å². The number of methoxy groups -OCH3 is 1. The molecule has 0 bridgehead atoms. The van der Waals surface area contributed by atoms with Crippen molar-refractivity contribution in [3.8, 4) is 10.6 Å². The lowest BCUT2D eigenvalue weighted by Gasteiger charge is -1.98. The second-order valence-corrected chi connectivity index (χ2v) is 5.58. The lowest BCUT2D eigenvalue weighted by molar-refractivity contribution is 0.0591. The van der Waals surface area contributed by atoms with E-state index >= 15 is 0 Å². The molecule has 0 atom stereocenters. The fourth-order valence-corrected chi connectivity index (χ4v) is 3.14. The fraction of sp³-hybridized carbons (Fsp3) is 0.154. The Labute approximate surface area is 122 Å². The summed E-state index contributed by atoms with van der Waals surface area (Å²) in [5.41, 5.74) is 0.913. The number of ether oxygens (including phenoxy) is 1. The van der Waals surface area contributed by atoms with E-state index < -0.39 is 5.97 Å². The first-order valence-corrected chi connectivity index (χ1v) is 7.00. The number of esters is 1. The van der Waals surface area contributed by atoms with Gasteiger partial charge in [0.05, 0.1) is 7.11 Å². The molecule has 0 amide bonds. The highest BCUT2D eigenvalue weighted by Gasteiger charge is 2.22. The molecule has 0 aliphatic heterocycles. The first kappa shape index (κ1) is 13.9. The minimum Gasteiger partial charge on any atom is -0.464 e. The van der Waals surface area contributed by atoms with Gasteiger partial charge >= 0.3 is 5.97 Å². The van der Waals surface area contributed by atoms with Gasteiger partial charge in [-0.2, -0.15) is 0 Å². The van der Waals surface area contributed by atoms with Crippen LogP contribution in [0.15, 0.2) is 28.7 Å². The molecule has 0 aliphatic rings. The zero-order valence-corrected chi connectivity index (χ0v) is 12.7. The third-order valence-corrected chi connectivity index (χ3v) is 4.31. The smallest absolute Gasteiger partial charge is 0.358 e. The van der Waals surface area contributed by atoms with Gasteiger partial charge in [-0.3, -0.25) is 4.79 Å². The van der Waals surface area contributed by atoms with Crippen molar-refractivity contribution in [1.29, 1.82) is 0 Å². The van der Waals surface area contributed by atoms with Crippen molar-refractivity contribution in [3.63, 3.8) is 0 Å². The van der Waals surface area contributed by atoms with Crippen LogP contribution in [0.2, 0.25) is 0 Å². The Morgan fingerprint density at radius 2 is 2.00 bits per heavy atom. The molecule has 0 radical (unpaired) electrons. The Morgan fingerprint density at radius 1 is 1.32 bits per heavy atom. The molecule has 1 aromatic carbocycles. The standard InChI is InChI=1S/C13H10BrNO3S/c1-7(16)11-10(13(17)18-2)15-12(19-11)8-5-3-4-6-9(8)14/h3-6H,1-2H3. The van der Waals surface area contributed by atoms with Crippen molar-refractivity contribution >= 4 is 39.0 Å². The number of aromatic nitrogens is 1. The zero-order chi connectivity index (χ0) is 14.0. The monoisotopic (exact) mass is 339 g/mol. The van der Waals surface area contributed by atoms with Crippen molar-refractivity contribution in [3.05, 3.63) is 39.3 Å². The third-order valence-electron chi connectivity index (χ3n) is 2.43. The van der Waals surface area contributed by atoms with E-state index in [1.54, 1.807) is 0 Å². The van der Waals surface area contributed by atoms with Crippen molar-refractivity contribution < 1.29 is 14.3 Å². The van der Waals surface area contributed by atoms with E-state index in [2.05, 4.69) is 25.7 Å². The lowest BCUT2D eigenvalue weighted by atomic mass is 10.2. The number of halogens is 1. The Balaban J connectivity index is 2.58. The number of hydrogen-bond donors (Lipinski definition) is 0. The summed E-state index contributed by atoms with van der Waals surface area (Å²) in [6.45, 7) is 1.41. The van der Waals surface area contributed by atoms with Crippen LogP contribution in [-0.2, 0) is 4.74 Å². The number of nitrogens with zero attached hydrogens (tertiary/aromatic N) is 1. The van der Waals surface area contributed by atoms with E-state index in [0.717, 1.165) is 10.0 Å². The molecule has 0 saturated carbocycles. The van der Waals surface area contributed by atoms with Gasteiger partial charge in [0.15, 0.2) is 11.5 Å². The van der Waals surface area contributed by atoms with Gasteiger partial charge in [0, 0.05) is 17.0 Å². The van der Waals surface area contributed by atoms with Crippen molar-refractivity contribution in [2.45, 2.75) is 6.92 Å². The fourth-order valence-electron chi connectivity index (χ4n) is 1.54. The highest BCUT2D eigenvalue weighted by Crippen LogP contribution is 2.33. The van der Waals surface area contributed by atoms with Crippen LogP contribution in [0, 0.1) is 0 Å². The molecule has 98 valence electrons. The molecular weight excluding hydrogens is 330 g/mol. The van der Waals surface area contributed by atoms with E-state index in [1.165, 1.54) is 25.4 Å². The first-order chi connectivity index (χ1) is 9.04. The summed E-state index contributed by atoms with van der Waals surface area (Å²) in [6.07, 6.45) is 0. The Bertz CT molecular complexity index is 651. The average molecular weight is 340 g/mol. The molecule has 0 spiro atoms. The number of carbonyl (C=O) groups excluding carboxylic acids is 2. The molecule has 1 aromatic heterocycles. The highest BCUT2D eigenvalue weighted by atomic mass is 79.9. The van der Waals surface area contributed by atoms with Crippen LogP contribution in [0.3, 0.4) is 0 Å². The molecule has 2 rings (SSSR count). The summed E-state index contributed by atoms with van der Waals surface area (Å²) in [7, 11) is 1.27. The second-order valence-electron chi connectivity index (χ2n) is 3.72. The number of rotatable bonds is 3. The van der Waals surface area contributed by atoms with E-state index in [9.17, 15) is 9.59 Å². The van der Waals surface area contributed by atoms with Gasteiger partial charge in [-0.05, 0) is 6.07 Å². The van der Waals surface area contributed by atoms with Gasteiger partial charge in [0.25, 0.3) is 0 Å². The van der Waals surface area contributed by atoms with Crippen molar-refractivity contribution in [1.82, 2.24) is 4.98 Å². The maximum Gasteiger partial charge on any atom is 0.358 e. The van der Waals surface area contributed by atoms with Gasteiger partial charge in [0.1, 0.15) is 9.88 Å². The van der Waals surface area contributed by atoms with Crippen LogP contribution in [0.4, 0.5) is 0 Å². The number of hydrogen-bond acceptors (Lipinski definition) is 5. The number of Topliss-reactive ketones (excluding diaryl/α,β-unsaturated/α-hetero) is 1. The van der Waals surface area contributed by atoms with Crippen LogP contribution < -0.4 is 0 Å².